The monoisotopic (exact) mass is 343 g/mol. The third kappa shape index (κ3) is 3.22. The van der Waals surface area contributed by atoms with E-state index in [0.29, 0.717) is 23.0 Å². The van der Waals surface area contributed by atoms with Crippen LogP contribution in [0, 0.1) is 11.7 Å². The molecule has 1 aromatic carbocycles. The molecule has 20 heavy (non-hydrogen) atoms. The Morgan fingerprint density at radius 1 is 1.45 bits per heavy atom. The molecule has 112 valence electrons. The molecule has 0 spiro atoms. The van der Waals surface area contributed by atoms with Gasteiger partial charge in [0.25, 0.3) is 0 Å². The highest BCUT2D eigenvalue weighted by atomic mass is 79.9. The molecule has 1 aliphatic heterocycles. The Morgan fingerprint density at radius 2 is 2.15 bits per heavy atom. The SMILES string of the molecule is CC1CN(C(CN)c2ccc(Br)c(F)c2)CC1N(C)C. The highest BCUT2D eigenvalue weighted by molar-refractivity contribution is 9.10. The average Bonchev–Trinajstić information content (AvgIpc) is 2.77. The zero-order valence-electron chi connectivity index (χ0n) is 12.3. The Morgan fingerprint density at radius 3 is 2.65 bits per heavy atom. The van der Waals surface area contributed by atoms with Gasteiger partial charge in [-0.05, 0) is 53.6 Å². The summed E-state index contributed by atoms with van der Waals surface area (Å²) in [6, 6.07) is 5.93. The Balaban J connectivity index is 2.18. The summed E-state index contributed by atoms with van der Waals surface area (Å²) >= 11 is 3.20. The van der Waals surface area contributed by atoms with Crippen LogP contribution in [0.2, 0.25) is 0 Å². The standard InChI is InChI=1S/C15H23BrFN3/c1-10-8-20(9-15(10)19(2)3)14(7-18)11-4-5-12(16)13(17)6-11/h4-6,10,14-15H,7-9,18H2,1-3H3. The largest absolute Gasteiger partial charge is 0.329 e. The number of benzene rings is 1. The van der Waals surface area contributed by atoms with E-state index in [1.807, 2.05) is 6.07 Å². The minimum absolute atomic E-state index is 0.0880. The summed E-state index contributed by atoms with van der Waals surface area (Å²) in [7, 11) is 4.23. The highest BCUT2D eigenvalue weighted by Crippen LogP contribution is 2.30. The number of likely N-dealkylation sites (N-methyl/N-ethyl adjacent to an activating group) is 1. The molecule has 1 aromatic rings. The van der Waals surface area contributed by atoms with Gasteiger partial charge in [-0.25, -0.2) is 4.39 Å². The molecule has 0 aromatic heterocycles. The predicted octanol–water partition coefficient (Wildman–Crippen LogP) is 2.47. The van der Waals surface area contributed by atoms with Crippen molar-refractivity contribution in [3.8, 4) is 0 Å². The molecule has 0 amide bonds. The molecule has 0 saturated carbocycles. The first-order valence-corrected chi connectivity index (χ1v) is 7.78. The maximum Gasteiger partial charge on any atom is 0.137 e. The van der Waals surface area contributed by atoms with Gasteiger partial charge >= 0.3 is 0 Å². The molecule has 2 rings (SSSR count). The van der Waals surface area contributed by atoms with Gasteiger partial charge in [0.2, 0.25) is 0 Å². The first-order chi connectivity index (χ1) is 9.43. The average molecular weight is 344 g/mol. The van der Waals surface area contributed by atoms with E-state index in [1.165, 1.54) is 0 Å². The predicted molar refractivity (Wildman–Crippen MR) is 84.1 cm³/mol. The van der Waals surface area contributed by atoms with Gasteiger partial charge in [0.15, 0.2) is 0 Å². The molecule has 0 radical (unpaired) electrons. The quantitative estimate of drug-likeness (QED) is 0.911. The number of nitrogens with zero attached hydrogens (tertiary/aromatic N) is 2. The van der Waals surface area contributed by atoms with Crippen molar-refractivity contribution in [1.29, 1.82) is 0 Å². The van der Waals surface area contributed by atoms with Crippen molar-refractivity contribution in [3.05, 3.63) is 34.1 Å². The van der Waals surface area contributed by atoms with Crippen LogP contribution in [0.5, 0.6) is 0 Å². The Kier molecular flexibility index (Phi) is 5.18. The van der Waals surface area contributed by atoms with Crippen molar-refractivity contribution in [3.63, 3.8) is 0 Å². The van der Waals surface area contributed by atoms with Gasteiger partial charge in [-0.1, -0.05) is 13.0 Å². The van der Waals surface area contributed by atoms with E-state index in [0.717, 1.165) is 18.7 Å². The Labute approximate surface area is 129 Å². The van der Waals surface area contributed by atoms with Crippen LogP contribution >= 0.6 is 15.9 Å². The van der Waals surface area contributed by atoms with Gasteiger partial charge in [0.1, 0.15) is 5.82 Å². The molecule has 1 heterocycles. The lowest BCUT2D eigenvalue weighted by Gasteiger charge is -2.28. The van der Waals surface area contributed by atoms with Crippen LogP contribution in [0.15, 0.2) is 22.7 Å². The van der Waals surface area contributed by atoms with Gasteiger partial charge in [0, 0.05) is 31.7 Å². The number of rotatable bonds is 4. The van der Waals surface area contributed by atoms with E-state index >= 15 is 0 Å². The fourth-order valence-electron chi connectivity index (χ4n) is 3.13. The van der Waals surface area contributed by atoms with E-state index in [4.69, 9.17) is 5.73 Å². The zero-order chi connectivity index (χ0) is 14.9. The minimum atomic E-state index is -0.225. The van der Waals surface area contributed by atoms with Crippen LogP contribution in [0.25, 0.3) is 0 Å². The molecule has 1 fully saturated rings. The molecule has 2 N–H and O–H groups in total. The van der Waals surface area contributed by atoms with Crippen molar-refractivity contribution < 1.29 is 4.39 Å². The van der Waals surface area contributed by atoms with Gasteiger partial charge in [-0.15, -0.1) is 0 Å². The first-order valence-electron chi connectivity index (χ1n) is 6.99. The molecule has 1 aliphatic rings. The third-order valence-corrected chi connectivity index (χ3v) is 4.90. The minimum Gasteiger partial charge on any atom is -0.329 e. The Bertz CT molecular complexity index is 466. The van der Waals surface area contributed by atoms with Crippen LogP contribution < -0.4 is 5.73 Å². The number of halogens is 2. The van der Waals surface area contributed by atoms with Crippen LogP contribution in [0.4, 0.5) is 4.39 Å². The lowest BCUT2D eigenvalue weighted by molar-refractivity contribution is 0.219. The second kappa shape index (κ2) is 6.52. The summed E-state index contributed by atoms with van der Waals surface area (Å²) in [4.78, 5) is 4.64. The van der Waals surface area contributed by atoms with E-state index in [9.17, 15) is 4.39 Å². The number of nitrogens with two attached hydrogens (primary N) is 1. The molecular weight excluding hydrogens is 321 g/mol. The van der Waals surface area contributed by atoms with Crippen molar-refractivity contribution >= 4 is 15.9 Å². The summed E-state index contributed by atoms with van der Waals surface area (Å²) in [5, 5.41) is 0. The smallest absolute Gasteiger partial charge is 0.137 e. The van der Waals surface area contributed by atoms with Gasteiger partial charge < -0.3 is 10.6 Å². The van der Waals surface area contributed by atoms with E-state index in [-0.39, 0.29) is 11.9 Å². The van der Waals surface area contributed by atoms with Crippen molar-refractivity contribution in [2.75, 3.05) is 33.7 Å². The second-order valence-corrected chi connectivity index (χ2v) is 6.74. The molecule has 3 unspecified atom stereocenters. The fraction of sp³-hybridized carbons (Fsp3) is 0.600. The summed E-state index contributed by atoms with van der Waals surface area (Å²) < 4.78 is 14.2. The maximum atomic E-state index is 13.7. The summed E-state index contributed by atoms with van der Waals surface area (Å²) in [6.45, 7) is 4.75. The van der Waals surface area contributed by atoms with Gasteiger partial charge in [-0.2, -0.15) is 0 Å². The van der Waals surface area contributed by atoms with Crippen LogP contribution in [0.1, 0.15) is 18.5 Å². The first kappa shape index (κ1) is 15.9. The van der Waals surface area contributed by atoms with E-state index in [2.05, 4.69) is 46.7 Å². The third-order valence-electron chi connectivity index (χ3n) is 4.26. The number of hydrogen-bond acceptors (Lipinski definition) is 3. The molecule has 1 saturated heterocycles. The highest BCUT2D eigenvalue weighted by Gasteiger charge is 2.34. The van der Waals surface area contributed by atoms with Gasteiger partial charge in [-0.3, -0.25) is 4.90 Å². The van der Waals surface area contributed by atoms with Crippen molar-refractivity contribution in [2.45, 2.75) is 19.0 Å². The molecule has 0 aliphatic carbocycles. The van der Waals surface area contributed by atoms with Crippen LogP contribution in [-0.4, -0.2) is 49.6 Å². The summed E-state index contributed by atoms with van der Waals surface area (Å²) in [6.07, 6.45) is 0. The van der Waals surface area contributed by atoms with E-state index in [1.54, 1.807) is 12.1 Å². The lowest BCUT2D eigenvalue weighted by atomic mass is 10.1. The van der Waals surface area contributed by atoms with Crippen LogP contribution in [-0.2, 0) is 0 Å². The molecule has 0 bridgehead atoms. The Hall–Kier alpha value is -0.490. The van der Waals surface area contributed by atoms with Crippen molar-refractivity contribution in [2.24, 2.45) is 11.7 Å². The zero-order valence-corrected chi connectivity index (χ0v) is 13.9. The molecule has 5 heteroatoms. The lowest BCUT2D eigenvalue weighted by Crippen LogP contribution is -2.36. The fourth-order valence-corrected chi connectivity index (χ4v) is 3.38. The molecule has 3 nitrogen and oxygen atoms in total. The number of hydrogen-bond donors (Lipinski definition) is 1. The normalized spacial score (nSPS) is 25.4. The summed E-state index contributed by atoms with van der Waals surface area (Å²) in [5.74, 6) is 0.372. The summed E-state index contributed by atoms with van der Waals surface area (Å²) in [5.41, 5.74) is 6.91. The second-order valence-electron chi connectivity index (χ2n) is 5.89. The van der Waals surface area contributed by atoms with E-state index < -0.39 is 0 Å². The van der Waals surface area contributed by atoms with Crippen molar-refractivity contribution in [1.82, 2.24) is 9.80 Å². The van der Waals surface area contributed by atoms with Gasteiger partial charge in [0.05, 0.1) is 4.47 Å². The maximum absolute atomic E-state index is 13.7. The number of likely N-dealkylation sites (tertiary alicyclic amines) is 1. The molecule has 3 atom stereocenters. The molecular formula is C15H23BrFN3. The van der Waals surface area contributed by atoms with Crippen LogP contribution in [0.3, 0.4) is 0 Å². The topological polar surface area (TPSA) is 32.5 Å².